The van der Waals surface area contributed by atoms with E-state index in [2.05, 4.69) is 17.3 Å². The highest BCUT2D eigenvalue weighted by Crippen LogP contribution is 2.46. The highest BCUT2D eigenvalue weighted by molar-refractivity contribution is 6.40. The Morgan fingerprint density at radius 3 is 2.39 bits per heavy atom. The number of anilines is 2. The minimum atomic E-state index is -0.305. The van der Waals surface area contributed by atoms with E-state index in [4.69, 9.17) is 39.5 Å². The van der Waals surface area contributed by atoms with Gasteiger partial charge in [0.15, 0.2) is 0 Å². The zero-order valence-electron chi connectivity index (χ0n) is 17.9. The molecule has 2 aliphatic rings. The zero-order valence-corrected chi connectivity index (χ0v) is 20.2. The van der Waals surface area contributed by atoms with Gasteiger partial charge >= 0.3 is 6.03 Å². The highest BCUT2D eigenvalue weighted by atomic mass is 35.5. The number of likely N-dealkylation sites (tertiary alicyclic amines) is 1. The van der Waals surface area contributed by atoms with Crippen LogP contribution < -0.4 is 15.0 Å². The molecule has 0 bridgehead atoms. The first-order valence-corrected chi connectivity index (χ1v) is 11.8. The van der Waals surface area contributed by atoms with Crippen molar-refractivity contribution in [3.63, 3.8) is 0 Å². The van der Waals surface area contributed by atoms with Crippen LogP contribution in [0.4, 0.5) is 16.2 Å². The molecular weight excluding hydrogens is 481 g/mol. The van der Waals surface area contributed by atoms with Crippen molar-refractivity contribution in [1.82, 2.24) is 10.2 Å². The van der Waals surface area contributed by atoms with E-state index in [-0.39, 0.29) is 12.1 Å². The molecule has 0 saturated carbocycles. The number of nitrogens with zero attached hydrogens (tertiary/aromatic N) is 2. The Morgan fingerprint density at radius 2 is 1.70 bits per heavy atom. The van der Waals surface area contributed by atoms with Gasteiger partial charge in [0.2, 0.25) is 0 Å². The molecule has 0 aromatic heterocycles. The van der Waals surface area contributed by atoms with Gasteiger partial charge in [0.05, 0.1) is 21.4 Å². The average molecular weight is 503 g/mol. The van der Waals surface area contributed by atoms with Crippen molar-refractivity contribution < 1.29 is 9.53 Å². The van der Waals surface area contributed by atoms with Crippen LogP contribution in [0, 0.1) is 0 Å². The molecular formula is C25H22Cl3N3O2. The molecule has 8 heteroatoms. The first-order valence-electron chi connectivity index (χ1n) is 10.7. The Bertz CT molecular complexity index is 1210. The third-order valence-electron chi connectivity index (χ3n) is 6.04. The second-order valence-corrected chi connectivity index (χ2v) is 9.53. The van der Waals surface area contributed by atoms with Gasteiger partial charge in [0, 0.05) is 41.9 Å². The summed E-state index contributed by atoms with van der Waals surface area (Å²) in [6.45, 7) is 2.18. The monoisotopic (exact) mass is 501 g/mol. The van der Waals surface area contributed by atoms with Gasteiger partial charge in [-0.3, -0.25) is 4.90 Å². The number of amides is 2. The Labute approximate surface area is 207 Å². The molecule has 0 spiro atoms. The van der Waals surface area contributed by atoms with Crippen LogP contribution in [0.25, 0.3) is 11.1 Å². The van der Waals surface area contributed by atoms with Gasteiger partial charge < -0.3 is 15.0 Å². The molecule has 3 aromatic rings. The molecule has 1 fully saturated rings. The normalized spacial score (nSPS) is 18.2. The minimum absolute atomic E-state index is 0.0712. The fourth-order valence-electron chi connectivity index (χ4n) is 4.46. The molecule has 2 heterocycles. The quantitative estimate of drug-likeness (QED) is 0.429. The van der Waals surface area contributed by atoms with Crippen LogP contribution in [-0.2, 0) is 6.54 Å². The molecule has 3 aromatic carbocycles. The van der Waals surface area contributed by atoms with E-state index in [1.165, 1.54) is 4.90 Å². The molecule has 0 aliphatic carbocycles. The lowest BCUT2D eigenvalue weighted by atomic mass is 9.95. The molecule has 2 aliphatic heterocycles. The number of carbonyl (C=O) groups is 1. The Kier molecular flexibility index (Phi) is 6.14. The Balaban J connectivity index is 1.70. The third-order valence-corrected chi connectivity index (χ3v) is 6.98. The smallest absolute Gasteiger partial charge is 0.326 e. The van der Waals surface area contributed by atoms with Gasteiger partial charge in [-0.25, -0.2) is 4.79 Å². The first-order chi connectivity index (χ1) is 15.9. The molecule has 0 radical (unpaired) electrons. The predicted molar refractivity (Wildman–Crippen MR) is 134 cm³/mol. The van der Waals surface area contributed by atoms with Gasteiger partial charge in [0.1, 0.15) is 11.9 Å². The standard InChI is InChI=1S/C25H22Cl3N3O2/c1-30-10-9-15(14-30)33-16-11-18(17-5-2-3-6-20(17)26)19-13-29-25(32)31(23(19)12-16)24-21(27)7-4-8-22(24)28/h2-8,11-12,15H,9-10,13-14H2,1H3,(H,29,32). The number of nitrogens with one attached hydrogen (secondary N) is 1. The largest absolute Gasteiger partial charge is 0.489 e. The number of carbonyl (C=O) groups excluding carboxylic acids is 1. The number of likely N-dealkylation sites (N-methyl/N-ethyl adjacent to an activating group) is 1. The van der Waals surface area contributed by atoms with Crippen molar-refractivity contribution in [3.8, 4) is 16.9 Å². The zero-order chi connectivity index (χ0) is 23.1. The lowest BCUT2D eigenvalue weighted by molar-refractivity contribution is 0.208. The van der Waals surface area contributed by atoms with Crippen LogP contribution in [0.15, 0.2) is 54.6 Å². The van der Waals surface area contributed by atoms with E-state index in [1.807, 2.05) is 36.4 Å². The van der Waals surface area contributed by atoms with Crippen molar-refractivity contribution >= 4 is 52.2 Å². The molecule has 1 saturated heterocycles. The van der Waals surface area contributed by atoms with Gasteiger partial charge in [0.25, 0.3) is 0 Å². The van der Waals surface area contributed by atoms with Crippen LogP contribution >= 0.6 is 34.8 Å². The summed E-state index contributed by atoms with van der Waals surface area (Å²) in [5.41, 5.74) is 3.78. The van der Waals surface area contributed by atoms with Gasteiger partial charge in [-0.1, -0.05) is 59.1 Å². The molecule has 1 unspecified atom stereocenters. The summed E-state index contributed by atoms with van der Waals surface area (Å²) in [6.07, 6.45) is 1.01. The molecule has 1 N–H and O–H groups in total. The number of halogens is 3. The molecule has 33 heavy (non-hydrogen) atoms. The second-order valence-electron chi connectivity index (χ2n) is 8.30. The summed E-state index contributed by atoms with van der Waals surface area (Å²) in [6, 6.07) is 16.4. The number of fused-ring (bicyclic) bond motifs is 1. The van der Waals surface area contributed by atoms with E-state index >= 15 is 0 Å². The van der Waals surface area contributed by atoms with Crippen LogP contribution in [0.1, 0.15) is 12.0 Å². The summed E-state index contributed by atoms with van der Waals surface area (Å²) in [5, 5.41) is 4.34. The van der Waals surface area contributed by atoms with E-state index in [0.717, 1.165) is 36.2 Å². The molecule has 2 amide bonds. The van der Waals surface area contributed by atoms with Crippen molar-refractivity contribution in [3.05, 3.63) is 75.2 Å². The van der Waals surface area contributed by atoms with Crippen LogP contribution in [0.3, 0.4) is 0 Å². The van der Waals surface area contributed by atoms with Crippen molar-refractivity contribution in [2.75, 3.05) is 25.0 Å². The molecule has 1 atom stereocenters. The van der Waals surface area contributed by atoms with Gasteiger partial charge in [-0.05, 0) is 43.3 Å². The fourth-order valence-corrected chi connectivity index (χ4v) is 5.27. The number of hydrogen-bond acceptors (Lipinski definition) is 3. The minimum Gasteiger partial charge on any atom is -0.489 e. The first kappa shape index (κ1) is 22.4. The van der Waals surface area contributed by atoms with E-state index in [1.54, 1.807) is 18.2 Å². The van der Waals surface area contributed by atoms with E-state index < -0.39 is 0 Å². The predicted octanol–water partition coefficient (Wildman–Crippen LogP) is 6.76. The Hall–Kier alpha value is -2.44. The van der Waals surface area contributed by atoms with Gasteiger partial charge in [-0.2, -0.15) is 0 Å². The number of urea groups is 1. The number of para-hydroxylation sites is 1. The lowest BCUT2D eigenvalue weighted by Gasteiger charge is -2.33. The maximum absolute atomic E-state index is 13.1. The Morgan fingerprint density at radius 1 is 0.970 bits per heavy atom. The van der Waals surface area contributed by atoms with Crippen LogP contribution in [0.5, 0.6) is 5.75 Å². The SMILES string of the molecule is CN1CCC(Oc2cc(-c3ccccc3Cl)c3c(c2)N(c2c(Cl)cccc2Cl)C(=O)NC3)C1. The maximum Gasteiger partial charge on any atom is 0.326 e. The van der Waals surface area contributed by atoms with Crippen molar-refractivity contribution in [2.24, 2.45) is 0 Å². The lowest BCUT2D eigenvalue weighted by Crippen LogP contribution is -2.41. The summed E-state index contributed by atoms with van der Waals surface area (Å²) in [5.74, 6) is 0.673. The summed E-state index contributed by atoms with van der Waals surface area (Å²) in [4.78, 5) is 16.9. The maximum atomic E-state index is 13.1. The van der Waals surface area contributed by atoms with E-state index in [9.17, 15) is 4.79 Å². The highest BCUT2D eigenvalue weighted by Gasteiger charge is 2.32. The molecule has 170 valence electrons. The number of ether oxygens (including phenoxy) is 1. The van der Waals surface area contributed by atoms with E-state index in [0.29, 0.717) is 38.7 Å². The fraction of sp³-hybridized carbons (Fsp3) is 0.240. The van der Waals surface area contributed by atoms with Crippen molar-refractivity contribution in [2.45, 2.75) is 19.1 Å². The summed E-state index contributed by atoms with van der Waals surface area (Å²) in [7, 11) is 2.08. The molecule has 5 nitrogen and oxygen atoms in total. The number of benzene rings is 3. The summed E-state index contributed by atoms with van der Waals surface area (Å²) < 4.78 is 6.38. The van der Waals surface area contributed by atoms with Crippen LogP contribution in [0.2, 0.25) is 15.1 Å². The molecule has 5 rings (SSSR count). The summed E-state index contributed by atoms with van der Waals surface area (Å²) >= 11 is 19.6. The van der Waals surface area contributed by atoms with Gasteiger partial charge in [-0.15, -0.1) is 0 Å². The topological polar surface area (TPSA) is 44.8 Å². The second kappa shape index (κ2) is 9.07. The average Bonchev–Trinajstić information content (AvgIpc) is 3.19. The van der Waals surface area contributed by atoms with Crippen LogP contribution in [-0.4, -0.2) is 37.2 Å². The number of rotatable bonds is 4. The third kappa shape index (κ3) is 4.26. The number of hydrogen-bond donors (Lipinski definition) is 1. The van der Waals surface area contributed by atoms with Crippen molar-refractivity contribution in [1.29, 1.82) is 0 Å².